The van der Waals surface area contributed by atoms with Gasteiger partial charge in [-0.25, -0.2) is 4.68 Å². The molecule has 0 saturated carbocycles. The summed E-state index contributed by atoms with van der Waals surface area (Å²) >= 11 is 6.30. The van der Waals surface area contributed by atoms with Crippen molar-refractivity contribution in [3.8, 4) is 0 Å². The standard InChI is InChI=1S/C17H18ClN5O/c1-21(10-14-8-19-22(2)11-14)15-9-20-23(17(24)16(15)18)12-13-6-4-3-5-7-13/h3-9,11H,10,12H2,1-2H3. The molecule has 6 nitrogen and oxygen atoms in total. The van der Waals surface area contributed by atoms with Gasteiger partial charge in [-0.05, 0) is 5.56 Å². The van der Waals surface area contributed by atoms with Gasteiger partial charge in [0.15, 0.2) is 0 Å². The van der Waals surface area contributed by atoms with Gasteiger partial charge in [-0.1, -0.05) is 41.9 Å². The van der Waals surface area contributed by atoms with Crippen LogP contribution in [0.25, 0.3) is 0 Å². The molecule has 0 unspecified atom stereocenters. The first kappa shape index (κ1) is 16.3. The highest BCUT2D eigenvalue weighted by Crippen LogP contribution is 2.21. The van der Waals surface area contributed by atoms with E-state index in [0.29, 0.717) is 18.8 Å². The fourth-order valence-electron chi connectivity index (χ4n) is 2.50. The van der Waals surface area contributed by atoms with Crippen molar-refractivity contribution in [3.63, 3.8) is 0 Å². The first-order valence-electron chi connectivity index (χ1n) is 7.53. The number of anilines is 1. The molecule has 0 aliphatic rings. The highest BCUT2D eigenvalue weighted by molar-refractivity contribution is 6.33. The molecule has 1 aromatic carbocycles. The van der Waals surface area contributed by atoms with E-state index in [-0.39, 0.29) is 10.6 Å². The number of halogens is 1. The SMILES string of the molecule is CN(Cc1cnn(C)c1)c1cnn(Cc2ccccc2)c(=O)c1Cl. The van der Waals surface area contributed by atoms with Gasteiger partial charge in [-0.3, -0.25) is 9.48 Å². The molecule has 0 atom stereocenters. The molecular formula is C17H18ClN5O. The van der Waals surface area contributed by atoms with Crippen molar-refractivity contribution in [1.82, 2.24) is 19.6 Å². The highest BCUT2D eigenvalue weighted by Gasteiger charge is 2.14. The Kier molecular flexibility index (Phi) is 4.66. The molecule has 24 heavy (non-hydrogen) atoms. The Balaban J connectivity index is 1.83. The van der Waals surface area contributed by atoms with Gasteiger partial charge in [0, 0.05) is 32.4 Å². The predicted octanol–water partition coefficient (Wildman–Crippen LogP) is 2.31. The lowest BCUT2D eigenvalue weighted by molar-refractivity contribution is 0.637. The zero-order chi connectivity index (χ0) is 17.1. The molecule has 124 valence electrons. The number of benzene rings is 1. The summed E-state index contributed by atoms with van der Waals surface area (Å²) < 4.78 is 3.11. The van der Waals surface area contributed by atoms with Crippen LogP contribution in [0.3, 0.4) is 0 Å². The molecule has 0 bridgehead atoms. The summed E-state index contributed by atoms with van der Waals surface area (Å²) in [4.78, 5) is 14.4. The van der Waals surface area contributed by atoms with Crippen molar-refractivity contribution in [1.29, 1.82) is 0 Å². The third-order valence-corrected chi connectivity index (χ3v) is 4.09. The van der Waals surface area contributed by atoms with E-state index in [4.69, 9.17) is 11.6 Å². The zero-order valence-corrected chi connectivity index (χ0v) is 14.3. The molecule has 0 aliphatic carbocycles. The Hall–Kier alpha value is -2.60. The van der Waals surface area contributed by atoms with Gasteiger partial charge in [0.25, 0.3) is 5.56 Å². The monoisotopic (exact) mass is 343 g/mol. The number of hydrogen-bond acceptors (Lipinski definition) is 4. The molecule has 0 amide bonds. The van der Waals surface area contributed by atoms with Crippen LogP contribution in [0, 0.1) is 0 Å². The normalized spacial score (nSPS) is 10.8. The van der Waals surface area contributed by atoms with Crippen LogP contribution in [0.2, 0.25) is 5.02 Å². The molecule has 0 aliphatic heterocycles. The van der Waals surface area contributed by atoms with Crippen molar-refractivity contribution >= 4 is 17.3 Å². The molecule has 2 heterocycles. The smallest absolute Gasteiger partial charge is 0.287 e. The fraction of sp³-hybridized carbons (Fsp3) is 0.235. The van der Waals surface area contributed by atoms with Crippen molar-refractivity contribution < 1.29 is 0 Å². The van der Waals surface area contributed by atoms with E-state index in [1.807, 2.05) is 55.5 Å². The van der Waals surface area contributed by atoms with Crippen LogP contribution < -0.4 is 10.5 Å². The maximum absolute atomic E-state index is 12.5. The molecule has 7 heteroatoms. The van der Waals surface area contributed by atoms with Crippen molar-refractivity contribution in [2.75, 3.05) is 11.9 Å². The molecule has 2 aromatic heterocycles. The molecule has 3 rings (SSSR count). The third kappa shape index (κ3) is 3.49. The second kappa shape index (κ2) is 6.88. The molecular weight excluding hydrogens is 326 g/mol. The largest absolute Gasteiger partial charge is 0.367 e. The molecule has 0 spiro atoms. The Labute approximate surface area is 144 Å². The summed E-state index contributed by atoms with van der Waals surface area (Å²) in [6, 6.07) is 9.69. The van der Waals surface area contributed by atoms with Crippen LogP contribution >= 0.6 is 11.6 Å². The maximum Gasteiger partial charge on any atom is 0.287 e. The maximum atomic E-state index is 12.5. The predicted molar refractivity (Wildman–Crippen MR) is 94.4 cm³/mol. The lowest BCUT2D eigenvalue weighted by Gasteiger charge is -2.19. The molecule has 0 saturated heterocycles. The number of hydrogen-bond donors (Lipinski definition) is 0. The number of aryl methyl sites for hydroxylation is 1. The lowest BCUT2D eigenvalue weighted by atomic mass is 10.2. The number of rotatable bonds is 5. The van der Waals surface area contributed by atoms with Gasteiger partial charge in [-0.15, -0.1) is 0 Å². The van der Waals surface area contributed by atoms with E-state index in [9.17, 15) is 4.79 Å². The summed E-state index contributed by atoms with van der Waals surface area (Å²) in [5.74, 6) is 0. The average molecular weight is 344 g/mol. The van der Waals surface area contributed by atoms with E-state index in [1.165, 1.54) is 4.68 Å². The van der Waals surface area contributed by atoms with Gasteiger partial charge in [0.2, 0.25) is 0 Å². The first-order valence-corrected chi connectivity index (χ1v) is 7.90. The van der Waals surface area contributed by atoms with Crippen molar-refractivity contribution in [3.05, 3.63) is 75.4 Å². The summed E-state index contributed by atoms with van der Waals surface area (Å²) in [5, 5.41) is 8.57. The van der Waals surface area contributed by atoms with E-state index >= 15 is 0 Å². The molecule has 3 aromatic rings. The Morgan fingerprint density at radius 3 is 2.54 bits per heavy atom. The van der Waals surface area contributed by atoms with E-state index in [2.05, 4.69) is 10.2 Å². The fourth-order valence-corrected chi connectivity index (χ4v) is 2.79. The summed E-state index contributed by atoms with van der Waals surface area (Å²) in [5.41, 5.74) is 2.34. The van der Waals surface area contributed by atoms with Crippen molar-refractivity contribution in [2.45, 2.75) is 13.1 Å². The van der Waals surface area contributed by atoms with Crippen molar-refractivity contribution in [2.24, 2.45) is 7.05 Å². The quantitative estimate of drug-likeness (QED) is 0.713. The molecule has 0 fully saturated rings. The van der Waals surface area contributed by atoms with Crippen LogP contribution in [-0.2, 0) is 20.1 Å². The Morgan fingerprint density at radius 2 is 1.88 bits per heavy atom. The van der Waals surface area contributed by atoms with Crippen LogP contribution in [0.15, 0.2) is 53.7 Å². The van der Waals surface area contributed by atoms with Crippen LogP contribution in [0.1, 0.15) is 11.1 Å². The van der Waals surface area contributed by atoms with E-state index in [1.54, 1.807) is 17.1 Å². The third-order valence-electron chi connectivity index (χ3n) is 3.73. The van der Waals surface area contributed by atoms with Gasteiger partial charge in [0.05, 0.1) is 24.6 Å². The van der Waals surface area contributed by atoms with Gasteiger partial charge in [-0.2, -0.15) is 10.2 Å². The van der Waals surface area contributed by atoms with Crippen LogP contribution in [0.5, 0.6) is 0 Å². The minimum Gasteiger partial charge on any atom is -0.367 e. The topological polar surface area (TPSA) is 56.0 Å². The van der Waals surface area contributed by atoms with Gasteiger partial charge < -0.3 is 4.90 Å². The second-order valence-corrected chi connectivity index (χ2v) is 6.05. The first-order chi connectivity index (χ1) is 11.5. The summed E-state index contributed by atoms with van der Waals surface area (Å²) in [6.07, 6.45) is 5.34. The Morgan fingerprint density at radius 1 is 1.12 bits per heavy atom. The van der Waals surface area contributed by atoms with Gasteiger partial charge in [0.1, 0.15) is 5.02 Å². The van der Waals surface area contributed by atoms with Crippen LogP contribution in [-0.4, -0.2) is 26.6 Å². The molecule has 0 N–H and O–H groups in total. The summed E-state index contributed by atoms with van der Waals surface area (Å²) in [6.45, 7) is 0.989. The average Bonchev–Trinajstić information content (AvgIpc) is 2.98. The van der Waals surface area contributed by atoms with Crippen LogP contribution in [0.4, 0.5) is 5.69 Å². The van der Waals surface area contributed by atoms with E-state index in [0.717, 1.165) is 11.1 Å². The zero-order valence-electron chi connectivity index (χ0n) is 13.6. The number of nitrogens with zero attached hydrogens (tertiary/aromatic N) is 5. The van der Waals surface area contributed by atoms with Gasteiger partial charge >= 0.3 is 0 Å². The van der Waals surface area contributed by atoms with E-state index < -0.39 is 0 Å². The Bertz CT molecular complexity index is 887. The highest BCUT2D eigenvalue weighted by atomic mass is 35.5. The minimum atomic E-state index is -0.295. The number of aromatic nitrogens is 4. The minimum absolute atomic E-state index is 0.173. The lowest BCUT2D eigenvalue weighted by Crippen LogP contribution is -2.27. The second-order valence-electron chi connectivity index (χ2n) is 5.67. The molecule has 0 radical (unpaired) electrons. The summed E-state index contributed by atoms with van der Waals surface area (Å²) in [7, 11) is 3.74.